The summed E-state index contributed by atoms with van der Waals surface area (Å²) < 4.78 is 6.15. The molecule has 2 aromatic carbocycles. The van der Waals surface area contributed by atoms with Crippen LogP contribution in [0.1, 0.15) is 15.2 Å². The van der Waals surface area contributed by atoms with E-state index in [2.05, 4.69) is 15.5 Å². The third-order valence-electron chi connectivity index (χ3n) is 3.98. The number of thioether (sulfide) groups is 1. The first-order valence-electron chi connectivity index (χ1n) is 8.06. The van der Waals surface area contributed by atoms with Crippen molar-refractivity contribution in [2.24, 2.45) is 10.2 Å². The molecular weight excluding hydrogens is 402 g/mol. The van der Waals surface area contributed by atoms with Gasteiger partial charge in [-0.2, -0.15) is 5.10 Å². The molecule has 1 aliphatic heterocycles. The average Bonchev–Trinajstić information content (AvgIpc) is 3.05. The molecular formula is C19H14ClN3O2S2. The molecule has 2 heterocycles. The van der Waals surface area contributed by atoms with E-state index in [1.165, 1.54) is 23.1 Å². The molecule has 0 unspecified atom stereocenters. The van der Waals surface area contributed by atoms with Gasteiger partial charge < -0.3 is 4.74 Å². The number of carbonyl (C=O) groups is 1. The summed E-state index contributed by atoms with van der Waals surface area (Å²) in [6, 6.07) is 15.4. The van der Waals surface area contributed by atoms with Gasteiger partial charge >= 0.3 is 0 Å². The van der Waals surface area contributed by atoms with Crippen LogP contribution in [-0.2, 0) is 0 Å². The van der Waals surface area contributed by atoms with Gasteiger partial charge in [-0.05, 0) is 23.8 Å². The molecule has 0 saturated heterocycles. The number of halogens is 1. The van der Waals surface area contributed by atoms with Crippen molar-refractivity contribution in [1.82, 2.24) is 5.32 Å². The molecule has 0 atom stereocenters. The number of nitrogens with zero attached hydrogens (tertiary/aromatic N) is 2. The predicted molar refractivity (Wildman–Crippen MR) is 114 cm³/mol. The Bertz CT molecular complexity index is 1080. The van der Waals surface area contributed by atoms with Gasteiger partial charge in [-0.1, -0.05) is 53.7 Å². The molecule has 27 heavy (non-hydrogen) atoms. The number of amidine groups is 1. The van der Waals surface area contributed by atoms with Crippen LogP contribution in [0.2, 0.25) is 5.02 Å². The molecule has 1 aromatic heterocycles. The van der Waals surface area contributed by atoms with Crippen molar-refractivity contribution in [3.8, 4) is 5.75 Å². The number of rotatable bonds is 3. The van der Waals surface area contributed by atoms with Crippen LogP contribution in [0.15, 0.2) is 58.7 Å². The van der Waals surface area contributed by atoms with Gasteiger partial charge in [-0.15, -0.1) is 16.4 Å². The second-order valence-electron chi connectivity index (χ2n) is 5.67. The molecule has 8 heteroatoms. The molecule has 3 aromatic rings. The van der Waals surface area contributed by atoms with E-state index in [0.717, 1.165) is 21.4 Å². The van der Waals surface area contributed by atoms with E-state index < -0.39 is 0 Å². The van der Waals surface area contributed by atoms with Crippen LogP contribution in [-0.4, -0.2) is 29.6 Å². The smallest absolute Gasteiger partial charge is 0.268 e. The summed E-state index contributed by atoms with van der Waals surface area (Å²) in [5.74, 6) is 1.05. The molecule has 1 amide bonds. The number of benzene rings is 2. The minimum atomic E-state index is -0.287. The number of hydrogen-bond donors (Lipinski definition) is 1. The zero-order chi connectivity index (χ0) is 18.8. The molecule has 5 nitrogen and oxygen atoms in total. The number of nitrogens with one attached hydrogen (secondary N) is 1. The number of fused-ring (bicyclic) bond motifs is 1. The van der Waals surface area contributed by atoms with Crippen LogP contribution in [0, 0.1) is 0 Å². The second-order valence-corrected chi connectivity index (χ2v) is 8.06. The third-order valence-corrected chi connectivity index (χ3v) is 6.52. The van der Waals surface area contributed by atoms with Gasteiger partial charge in [0.2, 0.25) is 0 Å². The molecule has 0 bridgehead atoms. The summed E-state index contributed by atoms with van der Waals surface area (Å²) in [5, 5.41) is 12.9. The first-order valence-corrected chi connectivity index (χ1v) is 10.2. The monoisotopic (exact) mass is 415 g/mol. The zero-order valence-electron chi connectivity index (χ0n) is 14.2. The van der Waals surface area contributed by atoms with Crippen molar-refractivity contribution < 1.29 is 9.53 Å². The Hall–Kier alpha value is -2.35. The Balaban J connectivity index is 1.55. The van der Waals surface area contributed by atoms with Crippen molar-refractivity contribution in [1.29, 1.82) is 0 Å². The van der Waals surface area contributed by atoms with Crippen LogP contribution >= 0.6 is 34.7 Å². The highest BCUT2D eigenvalue weighted by molar-refractivity contribution is 8.14. The number of ether oxygens (including phenoxy) is 1. The van der Waals surface area contributed by atoms with E-state index in [-0.39, 0.29) is 5.91 Å². The first-order chi connectivity index (χ1) is 13.2. The molecule has 0 fully saturated rings. The minimum absolute atomic E-state index is 0.287. The molecule has 1 N–H and O–H groups in total. The molecule has 0 radical (unpaired) electrons. The minimum Gasteiger partial charge on any atom is -0.497 e. The fourth-order valence-corrected chi connectivity index (χ4v) is 4.75. The fraction of sp³-hybridized carbons (Fsp3) is 0.105. The van der Waals surface area contributed by atoms with Gasteiger partial charge in [0.05, 0.1) is 17.8 Å². The Labute approximate surface area is 169 Å². The standard InChI is InChI=1S/C19H14ClN3O2S2/c1-25-12-7-8-15-13(9-12)16(20)17(27-15)18(24)21-19-23-22-14(10-26-19)11-5-3-2-4-6-11/h2-9H,10H2,1H3,(H,21,23,24). The maximum absolute atomic E-state index is 12.7. The van der Waals surface area contributed by atoms with Gasteiger partial charge in [0.15, 0.2) is 5.17 Å². The highest BCUT2D eigenvalue weighted by Crippen LogP contribution is 2.37. The number of thiophene rings is 1. The Morgan fingerprint density at radius 3 is 2.70 bits per heavy atom. The number of hydrogen-bond acceptors (Lipinski definition) is 6. The van der Waals surface area contributed by atoms with E-state index in [1.807, 2.05) is 48.5 Å². The van der Waals surface area contributed by atoms with Crippen molar-refractivity contribution in [2.75, 3.05) is 12.9 Å². The topological polar surface area (TPSA) is 63.0 Å². The van der Waals surface area contributed by atoms with Gasteiger partial charge in [-0.25, -0.2) is 0 Å². The molecule has 0 spiro atoms. The van der Waals surface area contributed by atoms with E-state index in [1.54, 1.807) is 7.11 Å². The largest absolute Gasteiger partial charge is 0.497 e. The van der Waals surface area contributed by atoms with Gasteiger partial charge in [-0.3, -0.25) is 10.1 Å². The lowest BCUT2D eigenvalue weighted by atomic mass is 10.1. The van der Waals surface area contributed by atoms with Crippen molar-refractivity contribution >= 4 is 61.6 Å². The summed E-state index contributed by atoms with van der Waals surface area (Å²) >= 11 is 9.20. The van der Waals surface area contributed by atoms with E-state index in [4.69, 9.17) is 16.3 Å². The molecule has 0 aliphatic carbocycles. The van der Waals surface area contributed by atoms with E-state index >= 15 is 0 Å². The van der Waals surface area contributed by atoms with Gasteiger partial charge in [0, 0.05) is 15.8 Å². The number of amides is 1. The summed E-state index contributed by atoms with van der Waals surface area (Å²) in [4.78, 5) is 13.1. The molecule has 136 valence electrons. The van der Waals surface area contributed by atoms with Crippen molar-refractivity contribution in [3.63, 3.8) is 0 Å². The maximum atomic E-state index is 12.7. The summed E-state index contributed by atoms with van der Waals surface area (Å²) in [6.07, 6.45) is 0. The predicted octanol–water partition coefficient (Wildman–Crippen LogP) is 4.80. The summed E-state index contributed by atoms with van der Waals surface area (Å²) in [7, 11) is 1.59. The summed E-state index contributed by atoms with van der Waals surface area (Å²) in [5.41, 5.74) is 1.91. The zero-order valence-corrected chi connectivity index (χ0v) is 16.6. The Morgan fingerprint density at radius 2 is 2.00 bits per heavy atom. The summed E-state index contributed by atoms with van der Waals surface area (Å²) in [6.45, 7) is 0. The van der Waals surface area contributed by atoms with Crippen LogP contribution in [0.3, 0.4) is 0 Å². The Kier molecular flexibility index (Phi) is 5.15. The maximum Gasteiger partial charge on any atom is 0.268 e. The average molecular weight is 416 g/mol. The SMILES string of the molecule is COc1ccc2sc(C(=O)NC3=NN=C(c4ccccc4)CS3)c(Cl)c2c1. The van der Waals surface area contributed by atoms with Crippen molar-refractivity contribution in [2.45, 2.75) is 0 Å². The third kappa shape index (κ3) is 3.71. The number of methoxy groups -OCH3 is 1. The second kappa shape index (κ2) is 7.72. The Morgan fingerprint density at radius 1 is 1.19 bits per heavy atom. The highest BCUT2D eigenvalue weighted by atomic mass is 35.5. The lowest BCUT2D eigenvalue weighted by Crippen LogP contribution is -2.30. The molecule has 1 aliphatic rings. The van der Waals surface area contributed by atoms with E-state index in [9.17, 15) is 4.79 Å². The highest BCUT2D eigenvalue weighted by Gasteiger charge is 2.21. The van der Waals surface area contributed by atoms with Gasteiger partial charge in [0.1, 0.15) is 10.6 Å². The lowest BCUT2D eigenvalue weighted by Gasteiger charge is -2.12. The number of carbonyl (C=O) groups excluding carboxylic acids is 1. The normalized spacial score (nSPS) is 13.9. The quantitative estimate of drug-likeness (QED) is 0.668. The first kappa shape index (κ1) is 18.0. The van der Waals surface area contributed by atoms with Crippen molar-refractivity contribution in [3.05, 3.63) is 64.0 Å². The van der Waals surface area contributed by atoms with Crippen LogP contribution in [0.5, 0.6) is 5.75 Å². The van der Waals surface area contributed by atoms with Crippen LogP contribution < -0.4 is 10.1 Å². The fourth-order valence-electron chi connectivity index (χ4n) is 2.61. The van der Waals surface area contributed by atoms with Crippen LogP contribution in [0.25, 0.3) is 10.1 Å². The van der Waals surface area contributed by atoms with E-state index in [0.29, 0.717) is 26.6 Å². The van der Waals surface area contributed by atoms with Crippen LogP contribution in [0.4, 0.5) is 0 Å². The van der Waals surface area contributed by atoms with Gasteiger partial charge in [0.25, 0.3) is 5.91 Å². The molecule has 0 saturated carbocycles. The molecule has 4 rings (SSSR count). The lowest BCUT2D eigenvalue weighted by molar-refractivity contribution is 0.0982.